The summed E-state index contributed by atoms with van der Waals surface area (Å²) >= 11 is 6.09. The van der Waals surface area contributed by atoms with E-state index in [1.165, 1.54) is 12.3 Å². The minimum atomic E-state index is -0.485. The number of halogens is 1. The minimum absolute atomic E-state index is 0.184. The predicted octanol–water partition coefficient (Wildman–Crippen LogP) is 4.12. The number of aromatic nitrogens is 1. The molecule has 2 aromatic carbocycles. The number of nitrogens with zero attached hydrogens (tertiary/aromatic N) is 3. The van der Waals surface area contributed by atoms with E-state index in [0.717, 1.165) is 5.56 Å². The molecule has 2 N–H and O–H groups in total. The van der Waals surface area contributed by atoms with E-state index in [1.807, 2.05) is 0 Å². The van der Waals surface area contributed by atoms with Gasteiger partial charge >= 0.3 is 0 Å². The Morgan fingerprint density at radius 3 is 2.50 bits per heavy atom. The SMILES string of the molecule is C#CCN(C)N=Cc1ccc(C(=O)Nc2ccc(Cl)cc2C(=O)Nc2ccc(C#C)cn2)cc1. The van der Waals surface area contributed by atoms with Gasteiger partial charge in [-0.05, 0) is 48.0 Å². The van der Waals surface area contributed by atoms with Gasteiger partial charge in [-0.3, -0.25) is 14.6 Å². The number of amides is 2. The van der Waals surface area contributed by atoms with Crippen LogP contribution in [0.2, 0.25) is 5.02 Å². The molecule has 0 saturated carbocycles. The molecule has 0 unspecified atom stereocenters. The summed E-state index contributed by atoms with van der Waals surface area (Å²) in [4.78, 5) is 29.7. The van der Waals surface area contributed by atoms with Crippen molar-refractivity contribution in [3.63, 3.8) is 0 Å². The van der Waals surface area contributed by atoms with Crippen LogP contribution >= 0.6 is 11.6 Å². The Morgan fingerprint density at radius 2 is 1.85 bits per heavy atom. The molecule has 7 nitrogen and oxygen atoms in total. The topological polar surface area (TPSA) is 86.7 Å². The average molecular weight is 470 g/mol. The Bertz CT molecular complexity index is 1300. The summed E-state index contributed by atoms with van der Waals surface area (Å²) in [5.74, 6) is 4.39. The van der Waals surface area contributed by atoms with Crippen molar-refractivity contribution in [2.45, 2.75) is 0 Å². The zero-order chi connectivity index (χ0) is 24.5. The standard InChI is InChI=1S/C26H20ClN5O2/c1-4-14-32(3)29-17-19-6-9-20(10-7-19)25(33)30-23-12-11-21(27)15-22(23)26(34)31-24-13-8-18(5-2)16-28-24/h1-2,6-13,15-17H,14H2,3H3,(H,30,33)(H,28,31,34). The molecule has 0 atom stereocenters. The molecular weight excluding hydrogens is 450 g/mol. The molecule has 0 aliphatic rings. The fourth-order valence-corrected chi connectivity index (χ4v) is 2.98. The molecule has 0 bridgehead atoms. The number of pyridine rings is 1. The molecule has 1 heterocycles. The lowest BCUT2D eigenvalue weighted by Crippen LogP contribution is -2.18. The van der Waals surface area contributed by atoms with Crippen molar-refractivity contribution >= 4 is 41.1 Å². The molecule has 0 aliphatic carbocycles. The molecule has 2 amide bonds. The number of hydrogen-bond donors (Lipinski definition) is 2. The van der Waals surface area contributed by atoms with Gasteiger partial charge in [-0.15, -0.1) is 12.8 Å². The zero-order valence-corrected chi connectivity index (χ0v) is 19.0. The van der Waals surface area contributed by atoms with E-state index >= 15 is 0 Å². The largest absolute Gasteiger partial charge is 0.321 e. The van der Waals surface area contributed by atoms with Gasteiger partial charge in [0, 0.05) is 29.4 Å². The van der Waals surface area contributed by atoms with Gasteiger partial charge in [0.2, 0.25) is 0 Å². The van der Waals surface area contributed by atoms with Gasteiger partial charge in [0.15, 0.2) is 0 Å². The van der Waals surface area contributed by atoms with Crippen LogP contribution in [0.3, 0.4) is 0 Å². The molecule has 34 heavy (non-hydrogen) atoms. The number of carbonyl (C=O) groups excluding carboxylic acids is 2. The van der Waals surface area contributed by atoms with Crippen LogP contribution in [0.4, 0.5) is 11.5 Å². The number of nitrogens with one attached hydrogen (secondary N) is 2. The monoisotopic (exact) mass is 469 g/mol. The number of hydrogen-bond acceptors (Lipinski definition) is 5. The lowest BCUT2D eigenvalue weighted by Gasteiger charge is -2.12. The van der Waals surface area contributed by atoms with Gasteiger partial charge in [-0.2, -0.15) is 5.10 Å². The molecule has 0 saturated heterocycles. The quantitative estimate of drug-likeness (QED) is 0.309. The summed E-state index contributed by atoms with van der Waals surface area (Å²) in [6.45, 7) is 0.389. The van der Waals surface area contributed by atoms with Crippen molar-refractivity contribution in [2.24, 2.45) is 5.10 Å². The highest BCUT2D eigenvalue weighted by Crippen LogP contribution is 2.23. The van der Waals surface area contributed by atoms with E-state index < -0.39 is 5.91 Å². The summed E-state index contributed by atoms with van der Waals surface area (Å²) in [6, 6.07) is 14.7. The fraction of sp³-hybridized carbons (Fsp3) is 0.0769. The summed E-state index contributed by atoms with van der Waals surface area (Å²) in [7, 11) is 1.76. The molecule has 0 spiro atoms. The maximum atomic E-state index is 12.8. The van der Waals surface area contributed by atoms with Crippen LogP contribution in [0.1, 0.15) is 31.8 Å². The Hall–Kier alpha value is -4.59. The number of terminal acetylenes is 2. The first-order chi connectivity index (χ1) is 16.4. The van der Waals surface area contributed by atoms with E-state index in [0.29, 0.717) is 34.2 Å². The summed E-state index contributed by atoms with van der Waals surface area (Å²) in [5, 5.41) is 11.6. The molecule has 0 aliphatic heterocycles. The van der Waals surface area contributed by atoms with Gasteiger partial charge in [0.1, 0.15) is 5.82 Å². The van der Waals surface area contributed by atoms with Crippen molar-refractivity contribution in [2.75, 3.05) is 24.2 Å². The van der Waals surface area contributed by atoms with Crippen molar-refractivity contribution < 1.29 is 9.59 Å². The second-order valence-electron chi connectivity index (χ2n) is 7.06. The number of hydrazone groups is 1. The Labute approximate surface area is 202 Å². The van der Waals surface area contributed by atoms with Crippen LogP contribution in [-0.4, -0.2) is 41.6 Å². The van der Waals surface area contributed by atoms with Gasteiger partial charge < -0.3 is 10.6 Å². The van der Waals surface area contributed by atoms with Crippen LogP contribution in [0.25, 0.3) is 0 Å². The molecule has 0 radical (unpaired) electrons. The molecular formula is C26H20ClN5O2. The van der Waals surface area contributed by atoms with E-state index in [1.54, 1.807) is 66.8 Å². The van der Waals surface area contributed by atoms with Crippen molar-refractivity contribution in [3.05, 3.63) is 88.1 Å². The minimum Gasteiger partial charge on any atom is -0.321 e. The molecule has 1 aromatic heterocycles. The fourth-order valence-electron chi connectivity index (χ4n) is 2.80. The second-order valence-corrected chi connectivity index (χ2v) is 7.50. The van der Waals surface area contributed by atoms with Crippen molar-refractivity contribution in [1.29, 1.82) is 0 Å². The highest BCUT2D eigenvalue weighted by molar-refractivity contribution is 6.31. The highest BCUT2D eigenvalue weighted by Gasteiger charge is 2.16. The van der Waals surface area contributed by atoms with Crippen LogP contribution < -0.4 is 10.6 Å². The molecule has 168 valence electrons. The first kappa shape index (κ1) is 24.1. The third-order valence-corrected chi connectivity index (χ3v) is 4.78. The molecule has 3 rings (SSSR count). The Kier molecular flexibility index (Phi) is 8.02. The zero-order valence-electron chi connectivity index (χ0n) is 18.2. The predicted molar refractivity (Wildman–Crippen MR) is 135 cm³/mol. The van der Waals surface area contributed by atoms with Gasteiger partial charge in [-0.1, -0.05) is 35.6 Å². The second kappa shape index (κ2) is 11.3. The van der Waals surface area contributed by atoms with E-state index in [4.69, 9.17) is 24.4 Å². The third-order valence-electron chi connectivity index (χ3n) is 4.54. The first-order valence-corrected chi connectivity index (χ1v) is 10.4. The molecule has 0 fully saturated rings. The number of benzene rings is 2. The summed E-state index contributed by atoms with van der Waals surface area (Å²) in [5.41, 5.74) is 2.28. The Balaban J connectivity index is 1.74. The van der Waals surface area contributed by atoms with Crippen molar-refractivity contribution in [1.82, 2.24) is 9.99 Å². The number of anilines is 2. The lowest BCUT2D eigenvalue weighted by molar-refractivity contribution is 0.102. The summed E-state index contributed by atoms with van der Waals surface area (Å²) in [6.07, 6.45) is 13.7. The van der Waals surface area contributed by atoms with Gasteiger partial charge in [-0.25, -0.2) is 4.98 Å². The highest BCUT2D eigenvalue weighted by atomic mass is 35.5. The van der Waals surface area contributed by atoms with E-state index in [2.05, 4.69) is 32.6 Å². The van der Waals surface area contributed by atoms with Crippen LogP contribution in [-0.2, 0) is 0 Å². The van der Waals surface area contributed by atoms with E-state index in [9.17, 15) is 9.59 Å². The Morgan fingerprint density at radius 1 is 1.09 bits per heavy atom. The van der Waals surface area contributed by atoms with Crippen molar-refractivity contribution in [3.8, 4) is 24.7 Å². The average Bonchev–Trinajstić information content (AvgIpc) is 2.84. The molecule has 8 heteroatoms. The maximum Gasteiger partial charge on any atom is 0.258 e. The maximum absolute atomic E-state index is 12.8. The first-order valence-electron chi connectivity index (χ1n) is 10.0. The van der Waals surface area contributed by atoms with Gasteiger partial charge in [0.05, 0.1) is 24.0 Å². The smallest absolute Gasteiger partial charge is 0.258 e. The van der Waals surface area contributed by atoms with Crippen LogP contribution in [0.15, 0.2) is 65.9 Å². The van der Waals surface area contributed by atoms with E-state index in [-0.39, 0.29) is 11.5 Å². The normalized spacial score (nSPS) is 10.2. The van der Waals surface area contributed by atoms with Crippen LogP contribution in [0.5, 0.6) is 0 Å². The molecule has 3 aromatic rings. The lowest BCUT2D eigenvalue weighted by atomic mass is 10.1. The van der Waals surface area contributed by atoms with Crippen LogP contribution in [0, 0.1) is 24.7 Å². The number of carbonyl (C=O) groups is 2. The number of rotatable bonds is 7. The third kappa shape index (κ3) is 6.46. The summed E-state index contributed by atoms with van der Waals surface area (Å²) < 4.78 is 0. The van der Waals surface area contributed by atoms with Gasteiger partial charge in [0.25, 0.3) is 11.8 Å².